The van der Waals surface area contributed by atoms with Gasteiger partial charge in [-0.2, -0.15) is 10.2 Å². The van der Waals surface area contributed by atoms with E-state index in [0.29, 0.717) is 18.8 Å². The fourth-order valence-electron chi connectivity index (χ4n) is 3.42. The average Bonchev–Trinajstić information content (AvgIpc) is 2.79. The molecular formula is C22H26N8O2. The minimum Gasteiger partial charge on any atom is -0.364 e. The van der Waals surface area contributed by atoms with Gasteiger partial charge in [0.15, 0.2) is 11.5 Å². The van der Waals surface area contributed by atoms with E-state index >= 15 is 0 Å². The van der Waals surface area contributed by atoms with E-state index in [2.05, 4.69) is 38.5 Å². The quantitative estimate of drug-likeness (QED) is 0.561. The number of benzene rings is 1. The van der Waals surface area contributed by atoms with E-state index in [0.717, 1.165) is 18.4 Å². The van der Waals surface area contributed by atoms with E-state index < -0.39 is 11.3 Å². The smallest absolute Gasteiger partial charge is 0.273 e. The number of carbonyl (C=O) groups excluding carboxylic acids is 2. The highest BCUT2D eigenvalue weighted by atomic mass is 16.2. The topological polar surface area (TPSA) is 150 Å². The van der Waals surface area contributed by atoms with Crippen molar-refractivity contribution in [3.05, 3.63) is 48.2 Å². The molecule has 166 valence electrons. The van der Waals surface area contributed by atoms with Crippen LogP contribution in [-0.4, -0.2) is 51.0 Å². The molecule has 2 amide bonds. The molecule has 1 aromatic carbocycles. The summed E-state index contributed by atoms with van der Waals surface area (Å²) in [5, 5.41) is 23.4. The zero-order valence-corrected chi connectivity index (χ0v) is 18.1. The summed E-state index contributed by atoms with van der Waals surface area (Å²) < 4.78 is 0. The van der Waals surface area contributed by atoms with Crippen molar-refractivity contribution >= 4 is 29.3 Å². The highest BCUT2D eigenvalue weighted by molar-refractivity contribution is 5.96. The van der Waals surface area contributed by atoms with Crippen molar-refractivity contribution < 1.29 is 9.59 Å². The van der Waals surface area contributed by atoms with Gasteiger partial charge in [-0.15, -0.1) is 10.2 Å². The summed E-state index contributed by atoms with van der Waals surface area (Å²) in [5.41, 5.74) is 6.23. The van der Waals surface area contributed by atoms with Crippen molar-refractivity contribution in [2.45, 2.75) is 38.1 Å². The first kappa shape index (κ1) is 22.7. The molecule has 3 rings (SSSR count). The number of piperidine rings is 1. The molecule has 1 atom stereocenters. The predicted octanol–water partition coefficient (Wildman–Crippen LogP) is 2.10. The number of nitrogens with zero attached hydrogens (tertiary/aromatic N) is 5. The van der Waals surface area contributed by atoms with Crippen molar-refractivity contribution in [3.63, 3.8) is 0 Å². The van der Waals surface area contributed by atoms with E-state index in [1.54, 1.807) is 17.0 Å². The number of nitrogens with two attached hydrogens (primary N) is 1. The van der Waals surface area contributed by atoms with Gasteiger partial charge < -0.3 is 21.3 Å². The van der Waals surface area contributed by atoms with Gasteiger partial charge in [0.1, 0.15) is 0 Å². The second kappa shape index (κ2) is 9.43. The average molecular weight is 435 g/mol. The van der Waals surface area contributed by atoms with Gasteiger partial charge in [-0.1, -0.05) is 18.7 Å². The molecule has 0 aliphatic carbocycles. The summed E-state index contributed by atoms with van der Waals surface area (Å²) in [6.45, 7) is 8.37. The number of hydrogen-bond donors (Lipinski definition) is 3. The first-order valence-electron chi connectivity index (χ1n) is 10.2. The van der Waals surface area contributed by atoms with Crippen LogP contribution in [0.25, 0.3) is 0 Å². The second-order valence-electron chi connectivity index (χ2n) is 8.11. The molecule has 1 fully saturated rings. The monoisotopic (exact) mass is 434 g/mol. The van der Waals surface area contributed by atoms with Crippen LogP contribution < -0.4 is 16.4 Å². The van der Waals surface area contributed by atoms with Crippen LogP contribution in [0.4, 0.5) is 17.5 Å². The van der Waals surface area contributed by atoms with Crippen molar-refractivity contribution in [1.29, 1.82) is 5.26 Å². The van der Waals surface area contributed by atoms with E-state index in [1.807, 2.05) is 26.0 Å². The van der Waals surface area contributed by atoms with Crippen molar-refractivity contribution in [3.8, 4) is 6.07 Å². The molecule has 2 heterocycles. The Balaban J connectivity index is 1.79. The number of amides is 2. The van der Waals surface area contributed by atoms with Gasteiger partial charge >= 0.3 is 0 Å². The predicted molar refractivity (Wildman–Crippen MR) is 120 cm³/mol. The van der Waals surface area contributed by atoms with Gasteiger partial charge in [0.25, 0.3) is 5.91 Å². The molecule has 32 heavy (non-hydrogen) atoms. The third-order valence-corrected chi connectivity index (χ3v) is 5.31. The van der Waals surface area contributed by atoms with Gasteiger partial charge in [0.2, 0.25) is 11.9 Å². The molecule has 1 aromatic heterocycles. The molecule has 2 aromatic rings. The Hall–Kier alpha value is -4.00. The van der Waals surface area contributed by atoms with Crippen molar-refractivity contribution in [2.75, 3.05) is 23.7 Å². The standard InChI is InChI=1S/C22H26N8O2/c1-4-17(31)30-11-5-6-16(12-30)26-21-27-20(18(19(24)32)28-29-21)25-15-9-7-14(8-10-15)22(2,3)13-23/h4,7-10,16H,1,5-6,11-12H2,2-3H3,(H2,24,32)(H2,25,26,27,29). The largest absolute Gasteiger partial charge is 0.364 e. The van der Waals surface area contributed by atoms with Gasteiger partial charge in [0.05, 0.1) is 11.5 Å². The number of nitrogens with one attached hydrogen (secondary N) is 2. The maximum Gasteiger partial charge on any atom is 0.273 e. The third kappa shape index (κ3) is 5.18. The maximum atomic E-state index is 11.9. The lowest BCUT2D eigenvalue weighted by Crippen LogP contribution is -2.44. The molecular weight excluding hydrogens is 408 g/mol. The van der Waals surface area contributed by atoms with E-state index in [-0.39, 0.29) is 29.4 Å². The first-order valence-corrected chi connectivity index (χ1v) is 10.2. The van der Waals surface area contributed by atoms with Crippen LogP contribution in [0.5, 0.6) is 0 Å². The normalized spacial score (nSPS) is 16.0. The summed E-state index contributed by atoms with van der Waals surface area (Å²) in [6, 6.07) is 9.43. The number of rotatable bonds is 7. The van der Waals surface area contributed by atoms with Gasteiger partial charge in [-0.25, -0.2) is 0 Å². The summed E-state index contributed by atoms with van der Waals surface area (Å²) in [6.07, 6.45) is 2.97. The molecule has 0 spiro atoms. The zero-order chi connectivity index (χ0) is 23.3. The zero-order valence-electron chi connectivity index (χ0n) is 18.1. The van der Waals surface area contributed by atoms with Crippen LogP contribution in [0.15, 0.2) is 36.9 Å². The fraction of sp³-hybridized carbons (Fsp3) is 0.364. The number of carbonyl (C=O) groups is 2. The molecule has 10 nitrogen and oxygen atoms in total. The Bertz CT molecular complexity index is 1060. The molecule has 1 aliphatic heterocycles. The number of nitriles is 1. The SMILES string of the molecule is C=CC(=O)N1CCCC(Nc2nnc(C(N)=O)c(Nc3ccc(C(C)(C)C#N)cc3)n2)C1. The van der Waals surface area contributed by atoms with Crippen molar-refractivity contribution in [1.82, 2.24) is 20.1 Å². The molecule has 1 saturated heterocycles. The van der Waals surface area contributed by atoms with E-state index in [1.165, 1.54) is 6.08 Å². The second-order valence-corrected chi connectivity index (χ2v) is 8.11. The molecule has 0 bridgehead atoms. The molecule has 0 radical (unpaired) electrons. The fourth-order valence-corrected chi connectivity index (χ4v) is 3.42. The Morgan fingerprint density at radius 3 is 2.66 bits per heavy atom. The number of anilines is 3. The molecule has 0 saturated carbocycles. The molecule has 10 heteroatoms. The van der Waals surface area contributed by atoms with Gasteiger partial charge in [0, 0.05) is 24.8 Å². The lowest BCUT2D eigenvalue weighted by Gasteiger charge is -2.32. The minimum atomic E-state index is -0.762. The van der Waals surface area contributed by atoms with Crippen LogP contribution in [-0.2, 0) is 10.2 Å². The van der Waals surface area contributed by atoms with Gasteiger partial charge in [-0.3, -0.25) is 9.59 Å². The van der Waals surface area contributed by atoms with Crippen LogP contribution >= 0.6 is 0 Å². The Labute approximate surface area is 186 Å². The Morgan fingerprint density at radius 2 is 2.03 bits per heavy atom. The van der Waals surface area contributed by atoms with Crippen LogP contribution in [0.2, 0.25) is 0 Å². The first-order chi connectivity index (χ1) is 15.2. The summed E-state index contributed by atoms with van der Waals surface area (Å²) in [5.74, 6) is -0.499. The Kier molecular flexibility index (Phi) is 6.68. The van der Waals surface area contributed by atoms with Crippen LogP contribution in [0, 0.1) is 11.3 Å². The number of likely N-dealkylation sites (tertiary alicyclic amines) is 1. The summed E-state index contributed by atoms with van der Waals surface area (Å²) in [4.78, 5) is 29.8. The number of primary amides is 1. The van der Waals surface area contributed by atoms with Gasteiger partial charge in [-0.05, 0) is 50.5 Å². The lowest BCUT2D eigenvalue weighted by molar-refractivity contribution is -0.127. The summed E-state index contributed by atoms with van der Waals surface area (Å²) in [7, 11) is 0. The van der Waals surface area contributed by atoms with Crippen molar-refractivity contribution in [2.24, 2.45) is 5.73 Å². The maximum absolute atomic E-state index is 11.9. The van der Waals surface area contributed by atoms with E-state index in [9.17, 15) is 14.9 Å². The molecule has 1 aliphatic rings. The molecule has 4 N–H and O–H groups in total. The van der Waals surface area contributed by atoms with E-state index in [4.69, 9.17) is 5.73 Å². The minimum absolute atomic E-state index is 0.0609. The highest BCUT2D eigenvalue weighted by Crippen LogP contribution is 2.25. The lowest BCUT2D eigenvalue weighted by atomic mass is 9.86. The van der Waals surface area contributed by atoms with Crippen LogP contribution in [0.3, 0.4) is 0 Å². The highest BCUT2D eigenvalue weighted by Gasteiger charge is 2.24. The molecule has 1 unspecified atom stereocenters. The third-order valence-electron chi connectivity index (χ3n) is 5.31. The summed E-state index contributed by atoms with van der Waals surface area (Å²) >= 11 is 0. The number of hydrogen-bond acceptors (Lipinski definition) is 8. The van der Waals surface area contributed by atoms with Crippen LogP contribution in [0.1, 0.15) is 42.7 Å². The number of aromatic nitrogens is 3. The Morgan fingerprint density at radius 1 is 1.31 bits per heavy atom.